The van der Waals surface area contributed by atoms with Crippen LogP contribution in [0.1, 0.15) is 35.7 Å². The Morgan fingerprint density at radius 2 is 1.74 bits per heavy atom. The molecular formula is C22H25FN4. The zero-order chi connectivity index (χ0) is 18.6. The lowest BCUT2D eigenvalue weighted by Crippen LogP contribution is -2.34. The zero-order valence-corrected chi connectivity index (χ0v) is 15.7. The minimum atomic E-state index is -0.170. The van der Waals surface area contributed by atoms with Crippen LogP contribution in [-0.2, 0) is 6.42 Å². The second-order valence-corrected chi connectivity index (χ2v) is 7.40. The lowest BCUT2D eigenvalue weighted by molar-refractivity contribution is 0.211. The van der Waals surface area contributed by atoms with Crippen molar-refractivity contribution in [3.05, 3.63) is 71.3 Å². The third-order valence-corrected chi connectivity index (χ3v) is 5.42. The normalized spacial score (nSPS) is 15.9. The summed E-state index contributed by atoms with van der Waals surface area (Å²) in [7, 11) is 0. The van der Waals surface area contributed by atoms with Gasteiger partial charge in [-0.05, 0) is 57.0 Å². The third kappa shape index (κ3) is 4.42. The van der Waals surface area contributed by atoms with Crippen molar-refractivity contribution in [1.82, 2.24) is 20.1 Å². The lowest BCUT2D eigenvalue weighted by Gasteiger charge is -2.30. The number of aryl methyl sites for hydroxylation is 1. The molecule has 1 aromatic heterocycles. The number of aromatic nitrogens is 3. The second-order valence-electron chi connectivity index (χ2n) is 7.40. The van der Waals surface area contributed by atoms with Crippen LogP contribution in [0, 0.1) is 12.7 Å². The first-order valence-corrected chi connectivity index (χ1v) is 9.63. The molecule has 27 heavy (non-hydrogen) atoms. The number of piperidine rings is 1. The van der Waals surface area contributed by atoms with Crippen LogP contribution in [-0.4, -0.2) is 39.7 Å². The van der Waals surface area contributed by atoms with Crippen LogP contribution >= 0.6 is 0 Å². The number of rotatable bonds is 5. The molecule has 140 valence electrons. The molecule has 0 amide bonds. The first-order valence-electron chi connectivity index (χ1n) is 9.63. The smallest absolute Gasteiger partial charge is 0.181 e. The van der Waals surface area contributed by atoms with Crippen LogP contribution in [0.2, 0.25) is 0 Å². The maximum Gasteiger partial charge on any atom is 0.181 e. The Hall–Kier alpha value is -2.53. The Morgan fingerprint density at radius 1 is 1.04 bits per heavy atom. The first-order chi connectivity index (χ1) is 13.2. The van der Waals surface area contributed by atoms with Crippen LogP contribution in [0.4, 0.5) is 4.39 Å². The van der Waals surface area contributed by atoms with E-state index in [-0.39, 0.29) is 5.82 Å². The lowest BCUT2D eigenvalue weighted by atomic mass is 9.96. The predicted octanol–water partition coefficient (Wildman–Crippen LogP) is 4.34. The Kier molecular flexibility index (Phi) is 5.30. The van der Waals surface area contributed by atoms with Gasteiger partial charge in [-0.25, -0.2) is 9.37 Å². The van der Waals surface area contributed by atoms with Crippen molar-refractivity contribution in [2.75, 3.05) is 19.6 Å². The van der Waals surface area contributed by atoms with E-state index in [9.17, 15) is 4.39 Å². The van der Waals surface area contributed by atoms with Gasteiger partial charge in [-0.3, -0.25) is 5.10 Å². The summed E-state index contributed by atoms with van der Waals surface area (Å²) in [6, 6.07) is 15.2. The maximum atomic E-state index is 13.0. The van der Waals surface area contributed by atoms with E-state index in [4.69, 9.17) is 4.98 Å². The number of benzene rings is 2. The SMILES string of the molecule is Cc1ccc(-c2n[nH]c(C3CCN(CCc4ccc(F)cc4)CC3)n2)cc1. The van der Waals surface area contributed by atoms with Crippen LogP contribution in [0.25, 0.3) is 11.4 Å². The molecule has 2 heterocycles. The molecule has 0 radical (unpaired) electrons. The van der Waals surface area contributed by atoms with E-state index in [2.05, 4.69) is 46.3 Å². The highest BCUT2D eigenvalue weighted by molar-refractivity contribution is 5.54. The van der Waals surface area contributed by atoms with E-state index < -0.39 is 0 Å². The van der Waals surface area contributed by atoms with Crippen molar-refractivity contribution in [3.63, 3.8) is 0 Å². The molecule has 0 atom stereocenters. The fourth-order valence-corrected chi connectivity index (χ4v) is 3.66. The van der Waals surface area contributed by atoms with Crippen molar-refractivity contribution in [3.8, 4) is 11.4 Å². The number of nitrogens with zero attached hydrogens (tertiary/aromatic N) is 3. The molecule has 4 rings (SSSR count). The molecule has 5 heteroatoms. The number of aromatic amines is 1. The van der Waals surface area contributed by atoms with Gasteiger partial charge in [0.1, 0.15) is 11.6 Å². The van der Waals surface area contributed by atoms with Gasteiger partial charge in [0.15, 0.2) is 5.82 Å². The number of H-pyrrole nitrogens is 1. The van der Waals surface area contributed by atoms with E-state index in [0.717, 1.165) is 56.1 Å². The van der Waals surface area contributed by atoms with Crippen molar-refractivity contribution < 1.29 is 4.39 Å². The topological polar surface area (TPSA) is 44.8 Å². The maximum absolute atomic E-state index is 13.0. The number of nitrogens with one attached hydrogen (secondary N) is 1. The Morgan fingerprint density at radius 3 is 2.44 bits per heavy atom. The number of likely N-dealkylation sites (tertiary alicyclic amines) is 1. The number of halogens is 1. The fraction of sp³-hybridized carbons (Fsp3) is 0.364. The number of hydrogen-bond acceptors (Lipinski definition) is 3. The van der Waals surface area contributed by atoms with Crippen molar-refractivity contribution in [2.24, 2.45) is 0 Å². The zero-order valence-electron chi connectivity index (χ0n) is 15.7. The third-order valence-electron chi connectivity index (χ3n) is 5.42. The standard InChI is InChI=1S/C22H25FN4/c1-16-2-6-18(7-3-16)21-24-22(26-25-21)19-11-14-27(15-12-19)13-10-17-4-8-20(23)9-5-17/h2-9,19H,10-15H2,1H3,(H,24,25,26). The van der Waals surface area contributed by atoms with E-state index in [0.29, 0.717) is 5.92 Å². The average Bonchev–Trinajstić information content (AvgIpc) is 3.19. The monoisotopic (exact) mass is 364 g/mol. The molecule has 1 fully saturated rings. The van der Waals surface area contributed by atoms with Gasteiger partial charge in [-0.15, -0.1) is 0 Å². The molecule has 3 aromatic rings. The van der Waals surface area contributed by atoms with Gasteiger partial charge in [0.25, 0.3) is 0 Å². The Bertz CT molecular complexity index is 862. The highest BCUT2D eigenvalue weighted by Crippen LogP contribution is 2.27. The van der Waals surface area contributed by atoms with Crippen molar-refractivity contribution >= 4 is 0 Å². The van der Waals surface area contributed by atoms with Gasteiger partial charge in [0.2, 0.25) is 0 Å². The molecule has 0 saturated carbocycles. The minimum absolute atomic E-state index is 0.170. The molecule has 2 aromatic carbocycles. The van der Waals surface area contributed by atoms with Gasteiger partial charge in [-0.2, -0.15) is 5.10 Å². The molecule has 0 aliphatic carbocycles. The van der Waals surface area contributed by atoms with Crippen molar-refractivity contribution in [2.45, 2.75) is 32.1 Å². The van der Waals surface area contributed by atoms with E-state index >= 15 is 0 Å². The Balaban J connectivity index is 1.30. The number of hydrogen-bond donors (Lipinski definition) is 1. The summed E-state index contributed by atoms with van der Waals surface area (Å²) in [5.74, 6) is 2.06. The molecule has 1 aliphatic heterocycles. The van der Waals surface area contributed by atoms with Crippen LogP contribution < -0.4 is 0 Å². The Labute approximate surface area is 159 Å². The predicted molar refractivity (Wildman–Crippen MR) is 105 cm³/mol. The van der Waals surface area contributed by atoms with Gasteiger partial charge < -0.3 is 4.90 Å². The molecule has 0 unspecified atom stereocenters. The summed E-state index contributed by atoms with van der Waals surface area (Å²) in [6.45, 7) is 5.22. The van der Waals surface area contributed by atoms with Crippen LogP contribution in [0.3, 0.4) is 0 Å². The second kappa shape index (κ2) is 8.01. The highest BCUT2D eigenvalue weighted by Gasteiger charge is 2.23. The molecule has 4 nitrogen and oxygen atoms in total. The largest absolute Gasteiger partial charge is 0.303 e. The van der Waals surface area contributed by atoms with Crippen LogP contribution in [0.5, 0.6) is 0 Å². The molecule has 1 N–H and O–H groups in total. The van der Waals surface area contributed by atoms with Gasteiger partial charge >= 0.3 is 0 Å². The summed E-state index contributed by atoms with van der Waals surface area (Å²) in [6.07, 6.45) is 3.14. The summed E-state index contributed by atoms with van der Waals surface area (Å²) < 4.78 is 13.0. The van der Waals surface area contributed by atoms with Crippen molar-refractivity contribution in [1.29, 1.82) is 0 Å². The van der Waals surface area contributed by atoms with Crippen LogP contribution in [0.15, 0.2) is 48.5 Å². The van der Waals surface area contributed by atoms with E-state index in [1.54, 1.807) is 0 Å². The summed E-state index contributed by atoms with van der Waals surface area (Å²) in [4.78, 5) is 7.22. The van der Waals surface area contributed by atoms with Gasteiger partial charge in [0.05, 0.1) is 0 Å². The molecule has 0 bridgehead atoms. The minimum Gasteiger partial charge on any atom is -0.303 e. The molecule has 1 aliphatic rings. The van der Waals surface area contributed by atoms with E-state index in [1.165, 1.54) is 23.3 Å². The van der Waals surface area contributed by atoms with Gasteiger partial charge in [-0.1, -0.05) is 42.0 Å². The molecular weight excluding hydrogens is 339 g/mol. The molecule has 0 spiro atoms. The fourth-order valence-electron chi connectivity index (χ4n) is 3.66. The average molecular weight is 364 g/mol. The summed E-state index contributed by atoms with van der Waals surface area (Å²) >= 11 is 0. The summed E-state index contributed by atoms with van der Waals surface area (Å²) in [5.41, 5.74) is 3.49. The summed E-state index contributed by atoms with van der Waals surface area (Å²) in [5, 5.41) is 7.56. The first kappa shape index (κ1) is 17.9. The quantitative estimate of drug-likeness (QED) is 0.732. The van der Waals surface area contributed by atoms with Gasteiger partial charge in [0, 0.05) is 18.0 Å². The molecule has 1 saturated heterocycles. The van der Waals surface area contributed by atoms with E-state index in [1.807, 2.05) is 12.1 Å². The highest BCUT2D eigenvalue weighted by atomic mass is 19.1.